The van der Waals surface area contributed by atoms with Gasteiger partial charge in [0.25, 0.3) is 0 Å². The van der Waals surface area contributed by atoms with Gasteiger partial charge in [0.15, 0.2) is 0 Å². The number of nitrogens with zero attached hydrogens (tertiary/aromatic N) is 2. The van der Waals surface area contributed by atoms with Crippen molar-refractivity contribution in [1.29, 1.82) is 0 Å². The van der Waals surface area contributed by atoms with E-state index in [9.17, 15) is 9.50 Å². The van der Waals surface area contributed by atoms with Gasteiger partial charge in [-0.25, -0.2) is 4.39 Å². The maximum atomic E-state index is 13.9. The minimum absolute atomic E-state index is 0.00244. The standard InChI is InChI=1S/C21H27FN2O2/c22-19-8-2-3-9-20(19)24-14-12-23(13-15-24)11-5-6-16-26-21-10-4-1-7-18(21)17-25/h1-4,7-10,25H,5-6,11-17H2. The molecule has 1 aliphatic heterocycles. The van der Waals surface area contributed by atoms with Crippen LogP contribution < -0.4 is 9.64 Å². The molecule has 1 N–H and O–H groups in total. The molecule has 0 bridgehead atoms. The number of rotatable bonds is 8. The Kier molecular flexibility index (Phi) is 6.86. The highest BCUT2D eigenvalue weighted by Crippen LogP contribution is 2.20. The molecule has 0 radical (unpaired) electrons. The number of piperazine rings is 1. The van der Waals surface area contributed by atoms with Crippen LogP contribution in [0.15, 0.2) is 48.5 Å². The van der Waals surface area contributed by atoms with Gasteiger partial charge in [0, 0.05) is 31.7 Å². The van der Waals surface area contributed by atoms with E-state index in [0.717, 1.165) is 56.9 Å². The Bertz CT molecular complexity index is 687. The Morgan fingerprint density at radius 1 is 0.923 bits per heavy atom. The maximum Gasteiger partial charge on any atom is 0.146 e. The van der Waals surface area contributed by atoms with Gasteiger partial charge in [-0.05, 0) is 37.6 Å². The minimum Gasteiger partial charge on any atom is -0.493 e. The van der Waals surface area contributed by atoms with Gasteiger partial charge in [0.1, 0.15) is 11.6 Å². The molecular weight excluding hydrogens is 331 g/mol. The van der Waals surface area contributed by atoms with Crippen LogP contribution in [0, 0.1) is 5.82 Å². The van der Waals surface area contributed by atoms with Crippen LogP contribution in [0.2, 0.25) is 0 Å². The van der Waals surface area contributed by atoms with Crippen LogP contribution in [0.1, 0.15) is 18.4 Å². The van der Waals surface area contributed by atoms with Gasteiger partial charge in [-0.1, -0.05) is 30.3 Å². The van der Waals surface area contributed by atoms with Gasteiger partial charge >= 0.3 is 0 Å². The predicted molar refractivity (Wildman–Crippen MR) is 102 cm³/mol. The zero-order valence-corrected chi connectivity index (χ0v) is 15.1. The lowest BCUT2D eigenvalue weighted by atomic mass is 10.2. The van der Waals surface area contributed by atoms with Crippen molar-refractivity contribution in [2.45, 2.75) is 19.4 Å². The Labute approximate surface area is 154 Å². The highest BCUT2D eigenvalue weighted by atomic mass is 19.1. The number of benzene rings is 2. The first kappa shape index (κ1) is 18.7. The monoisotopic (exact) mass is 358 g/mol. The molecule has 2 aromatic rings. The summed E-state index contributed by atoms with van der Waals surface area (Å²) in [5, 5.41) is 9.30. The SMILES string of the molecule is OCc1ccccc1OCCCCN1CCN(c2ccccc2F)CC1. The molecule has 5 heteroatoms. The Morgan fingerprint density at radius 3 is 2.42 bits per heavy atom. The summed E-state index contributed by atoms with van der Waals surface area (Å²) in [6.45, 7) is 5.35. The summed E-state index contributed by atoms with van der Waals surface area (Å²) in [7, 11) is 0. The average Bonchev–Trinajstić information content (AvgIpc) is 2.69. The maximum absolute atomic E-state index is 13.9. The van der Waals surface area contributed by atoms with Gasteiger partial charge in [-0.2, -0.15) is 0 Å². The third kappa shape index (κ3) is 4.96. The molecular formula is C21H27FN2O2. The van der Waals surface area contributed by atoms with E-state index in [1.165, 1.54) is 6.07 Å². The molecule has 0 atom stereocenters. The van der Waals surface area contributed by atoms with E-state index in [1.54, 1.807) is 6.07 Å². The number of anilines is 1. The summed E-state index contributed by atoms with van der Waals surface area (Å²) < 4.78 is 19.6. The highest BCUT2D eigenvalue weighted by Gasteiger charge is 2.18. The molecule has 1 saturated heterocycles. The second-order valence-corrected chi connectivity index (χ2v) is 6.60. The summed E-state index contributed by atoms with van der Waals surface area (Å²) in [5.41, 5.74) is 1.54. The first-order chi connectivity index (χ1) is 12.8. The predicted octanol–water partition coefficient (Wildman–Crippen LogP) is 3.30. The van der Waals surface area contributed by atoms with E-state index < -0.39 is 0 Å². The lowest BCUT2D eigenvalue weighted by Crippen LogP contribution is -2.46. The van der Waals surface area contributed by atoms with Crippen LogP contribution in [0.3, 0.4) is 0 Å². The highest BCUT2D eigenvalue weighted by molar-refractivity contribution is 5.48. The number of hydrogen-bond acceptors (Lipinski definition) is 4. The van der Waals surface area contributed by atoms with Gasteiger partial charge in [0.2, 0.25) is 0 Å². The van der Waals surface area contributed by atoms with Crippen LogP contribution in [-0.2, 0) is 6.61 Å². The Hall–Kier alpha value is -2.11. The van der Waals surface area contributed by atoms with Gasteiger partial charge in [-0.3, -0.25) is 4.90 Å². The van der Waals surface area contributed by atoms with E-state index in [-0.39, 0.29) is 12.4 Å². The van der Waals surface area contributed by atoms with Gasteiger partial charge in [-0.15, -0.1) is 0 Å². The first-order valence-corrected chi connectivity index (χ1v) is 9.31. The zero-order chi connectivity index (χ0) is 18.2. The molecule has 0 aliphatic carbocycles. The summed E-state index contributed by atoms with van der Waals surface area (Å²) in [6.07, 6.45) is 2.05. The van der Waals surface area contributed by atoms with E-state index in [1.807, 2.05) is 36.4 Å². The molecule has 0 spiro atoms. The number of aliphatic hydroxyl groups is 1. The molecule has 0 amide bonds. The summed E-state index contributed by atoms with van der Waals surface area (Å²) >= 11 is 0. The van der Waals surface area contributed by atoms with Gasteiger partial charge < -0.3 is 14.7 Å². The van der Waals surface area contributed by atoms with Crippen LogP contribution in [0.4, 0.5) is 10.1 Å². The van der Waals surface area contributed by atoms with Crippen molar-refractivity contribution in [2.75, 3.05) is 44.2 Å². The summed E-state index contributed by atoms with van der Waals surface area (Å²) in [6, 6.07) is 14.6. The van der Waals surface area contributed by atoms with Crippen LogP contribution >= 0.6 is 0 Å². The topological polar surface area (TPSA) is 35.9 Å². The fraction of sp³-hybridized carbons (Fsp3) is 0.429. The number of para-hydroxylation sites is 2. The number of hydrogen-bond donors (Lipinski definition) is 1. The van der Waals surface area contributed by atoms with Crippen molar-refractivity contribution >= 4 is 5.69 Å². The second kappa shape index (κ2) is 9.55. The molecule has 1 aliphatic rings. The number of aliphatic hydroxyl groups excluding tert-OH is 1. The van der Waals surface area contributed by atoms with E-state index >= 15 is 0 Å². The van der Waals surface area contributed by atoms with Gasteiger partial charge in [0.05, 0.1) is 18.9 Å². The fourth-order valence-corrected chi connectivity index (χ4v) is 3.32. The van der Waals surface area contributed by atoms with E-state index in [2.05, 4.69) is 9.80 Å². The molecule has 2 aromatic carbocycles. The van der Waals surface area contributed by atoms with Crippen molar-refractivity contribution in [3.8, 4) is 5.75 Å². The lowest BCUT2D eigenvalue weighted by molar-refractivity contribution is 0.233. The quantitative estimate of drug-likeness (QED) is 0.735. The lowest BCUT2D eigenvalue weighted by Gasteiger charge is -2.36. The van der Waals surface area contributed by atoms with Crippen molar-refractivity contribution in [2.24, 2.45) is 0 Å². The molecule has 140 valence electrons. The first-order valence-electron chi connectivity index (χ1n) is 9.31. The molecule has 26 heavy (non-hydrogen) atoms. The van der Waals surface area contributed by atoms with Crippen molar-refractivity contribution in [3.63, 3.8) is 0 Å². The third-order valence-electron chi connectivity index (χ3n) is 4.83. The number of ether oxygens (including phenoxy) is 1. The molecule has 0 saturated carbocycles. The fourth-order valence-electron chi connectivity index (χ4n) is 3.32. The van der Waals surface area contributed by atoms with Crippen molar-refractivity contribution < 1.29 is 14.2 Å². The third-order valence-corrected chi connectivity index (χ3v) is 4.83. The number of halogens is 1. The molecule has 4 nitrogen and oxygen atoms in total. The summed E-state index contributed by atoms with van der Waals surface area (Å²) in [5.74, 6) is 0.634. The van der Waals surface area contributed by atoms with E-state index in [0.29, 0.717) is 12.3 Å². The van der Waals surface area contributed by atoms with Crippen LogP contribution in [0.5, 0.6) is 5.75 Å². The van der Waals surface area contributed by atoms with Crippen molar-refractivity contribution in [1.82, 2.24) is 4.90 Å². The Morgan fingerprint density at radius 2 is 1.65 bits per heavy atom. The largest absolute Gasteiger partial charge is 0.493 e. The molecule has 0 aromatic heterocycles. The van der Waals surface area contributed by atoms with E-state index in [4.69, 9.17) is 4.74 Å². The second-order valence-electron chi connectivity index (χ2n) is 6.60. The molecule has 1 fully saturated rings. The molecule has 0 unspecified atom stereocenters. The molecule has 1 heterocycles. The normalized spacial score (nSPS) is 15.2. The average molecular weight is 358 g/mol. The molecule has 3 rings (SSSR count). The van der Waals surface area contributed by atoms with Crippen molar-refractivity contribution in [3.05, 3.63) is 59.9 Å². The zero-order valence-electron chi connectivity index (χ0n) is 15.1. The van der Waals surface area contributed by atoms with Crippen LogP contribution in [0.25, 0.3) is 0 Å². The number of unbranched alkanes of at least 4 members (excludes halogenated alkanes) is 1. The Balaban J connectivity index is 1.34. The van der Waals surface area contributed by atoms with Crippen LogP contribution in [-0.4, -0.2) is 49.3 Å². The minimum atomic E-state index is -0.138. The smallest absolute Gasteiger partial charge is 0.146 e. The summed E-state index contributed by atoms with van der Waals surface area (Å²) in [4.78, 5) is 4.56.